The number of aromatic nitrogens is 2. The number of nitrogens with zero attached hydrogens (tertiary/aromatic N) is 2. The zero-order valence-electron chi connectivity index (χ0n) is 9.49. The van der Waals surface area contributed by atoms with Gasteiger partial charge in [0.2, 0.25) is 5.89 Å². The molecule has 1 saturated carbocycles. The van der Waals surface area contributed by atoms with E-state index in [0.717, 1.165) is 24.6 Å². The highest BCUT2D eigenvalue weighted by Crippen LogP contribution is 2.39. The van der Waals surface area contributed by atoms with Crippen molar-refractivity contribution in [3.63, 3.8) is 0 Å². The predicted molar refractivity (Wildman–Crippen MR) is 57.5 cm³/mol. The normalized spacial score (nSPS) is 21.8. The summed E-state index contributed by atoms with van der Waals surface area (Å²) in [4.78, 5) is 4.45. The van der Waals surface area contributed by atoms with Gasteiger partial charge >= 0.3 is 0 Å². The van der Waals surface area contributed by atoms with E-state index in [4.69, 9.17) is 10.3 Å². The van der Waals surface area contributed by atoms with Gasteiger partial charge in [-0.25, -0.2) is 0 Å². The summed E-state index contributed by atoms with van der Waals surface area (Å²) < 4.78 is 5.34. The van der Waals surface area contributed by atoms with Gasteiger partial charge in [-0.3, -0.25) is 0 Å². The molecule has 84 valence electrons. The van der Waals surface area contributed by atoms with E-state index in [2.05, 4.69) is 17.1 Å². The minimum atomic E-state index is 0.0897. The largest absolute Gasteiger partial charge is 0.339 e. The zero-order valence-corrected chi connectivity index (χ0v) is 9.49. The highest BCUT2D eigenvalue weighted by atomic mass is 16.5. The van der Waals surface area contributed by atoms with Gasteiger partial charge in [0.05, 0.1) is 0 Å². The number of rotatable bonds is 3. The molecule has 0 radical (unpaired) electrons. The summed E-state index contributed by atoms with van der Waals surface area (Å²) in [5.41, 5.74) is 5.81. The Labute approximate surface area is 90.2 Å². The standard InChI is InChI=1S/C11H19N3O/c1-8(12)7-9-13-10(15-14-9)11(2)5-3-4-6-11/h8H,3-7,12H2,1-2H3. The van der Waals surface area contributed by atoms with Crippen molar-refractivity contribution >= 4 is 0 Å². The number of nitrogens with two attached hydrogens (primary N) is 1. The molecular formula is C11H19N3O. The van der Waals surface area contributed by atoms with Crippen molar-refractivity contribution in [3.05, 3.63) is 11.7 Å². The molecule has 1 fully saturated rings. The molecule has 0 saturated heterocycles. The minimum Gasteiger partial charge on any atom is -0.339 e. The smallest absolute Gasteiger partial charge is 0.232 e. The lowest BCUT2D eigenvalue weighted by molar-refractivity contribution is 0.294. The van der Waals surface area contributed by atoms with Gasteiger partial charge in [-0.15, -0.1) is 0 Å². The molecule has 15 heavy (non-hydrogen) atoms. The Morgan fingerprint density at radius 3 is 2.73 bits per heavy atom. The van der Waals surface area contributed by atoms with Crippen molar-refractivity contribution in [2.45, 2.75) is 57.4 Å². The Bertz CT molecular complexity index is 326. The van der Waals surface area contributed by atoms with Crippen molar-refractivity contribution in [1.29, 1.82) is 0 Å². The Hall–Kier alpha value is -0.900. The topological polar surface area (TPSA) is 64.9 Å². The molecule has 1 aliphatic carbocycles. The lowest BCUT2D eigenvalue weighted by Crippen LogP contribution is -2.20. The molecule has 0 spiro atoms. The van der Waals surface area contributed by atoms with Crippen LogP contribution in [0.2, 0.25) is 0 Å². The molecule has 1 aromatic heterocycles. The second-order valence-electron chi connectivity index (χ2n) is 4.96. The van der Waals surface area contributed by atoms with Gasteiger partial charge in [0.15, 0.2) is 5.82 Å². The summed E-state index contributed by atoms with van der Waals surface area (Å²) in [5, 5.41) is 3.98. The average Bonchev–Trinajstić information content (AvgIpc) is 2.74. The van der Waals surface area contributed by atoms with E-state index >= 15 is 0 Å². The second kappa shape index (κ2) is 3.93. The summed E-state index contributed by atoms with van der Waals surface area (Å²) >= 11 is 0. The van der Waals surface area contributed by atoms with Gasteiger partial charge in [-0.2, -0.15) is 4.98 Å². The van der Waals surface area contributed by atoms with Gasteiger partial charge in [-0.1, -0.05) is 24.9 Å². The van der Waals surface area contributed by atoms with Crippen LogP contribution in [-0.4, -0.2) is 16.2 Å². The first-order valence-electron chi connectivity index (χ1n) is 5.69. The van der Waals surface area contributed by atoms with Crippen LogP contribution in [0.4, 0.5) is 0 Å². The molecule has 0 amide bonds. The Balaban J connectivity index is 2.12. The van der Waals surface area contributed by atoms with E-state index in [1.54, 1.807) is 0 Å². The maximum atomic E-state index is 5.70. The van der Waals surface area contributed by atoms with Crippen molar-refractivity contribution in [3.8, 4) is 0 Å². The van der Waals surface area contributed by atoms with E-state index in [1.165, 1.54) is 12.8 Å². The third-order valence-electron chi connectivity index (χ3n) is 3.20. The van der Waals surface area contributed by atoms with Crippen LogP contribution in [0.1, 0.15) is 51.2 Å². The van der Waals surface area contributed by atoms with E-state index < -0.39 is 0 Å². The molecule has 2 N–H and O–H groups in total. The molecule has 1 heterocycles. The van der Waals surface area contributed by atoms with Crippen LogP contribution in [0, 0.1) is 0 Å². The fraction of sp³-hybridized carbons (Fsp3) is 0.818. The van der Waals surface area contributed by atoms with Crippen molar-refractivity contribution in [1.82, 2.24) is 10.1 Å². The molecule has 1 unspecified atom stereocenters. The number of hydrogen-bond donors (Lipinski definition) is 1. The van der Waals surface area contributed by atoms with E-state index in [0.29, 0.717) is 6.42 Å². The summed E-state index contributed by atoms with van der Waals surface area (Å²) in [5.74, 6) is 1.55. The van der Waals surface area contributed by atoms with Crippen LogP contribution >= 0.6 is 0 Å². The maximum absolute atomic E-state index is 5.70. The molecule has 1 atom stereocenters. The molecule has 1 aromatic rings. The van der Waals surface area contributed by atoms with Gasteiger partial charge in [0.1, 0.15) is 0 Å². The van der Waals surface area contributed by atoms with Crippen LogP contribution in [0.25, 0.3) is 0 Å². The SMILES string of the molecule is CC(N)Cc1noc(C2(C)CCCC2)n1. The lowest BCUT2D eigenvalue weighted by atomic mass is 9.89. The second-order valence-corrected chi connectivity index (χ2v) is 4.96. The first-order chi connectivity index (χ1) is 7.10. The third-order valence-corrected chi connectivity index (χ3v) is 3.20. The summed E-state index contributed by atoms with van der Waals surface area (Å²) in [6.07, 6.45) is 5.54. The van der Waals surface area contributed by atoms with Crippen molar-refractivity contribution < 1.29 is 4.52 Å². The minimum absolute atomic E-state index is 0.0897. The van der Waals surface area contributed by atoms with Crippen molar-refractivity contribution in [2.24, 2.45) is 5.73 Å². The molecule has 0 aliphatic heterocycles. The molecule has 1 aliphatic rings. The van der Waals surface area contributed by atoms with Crippen molar-refractivity contribution in [2.75, 3.05) is 0 Å². The molecular weight excluding hydrogens is 190 g/mol. The molecule has 0 aromatic carbocycles. The van der Waals surface area contributed by atoms with Gasteiger partial charge < -0.3 is 10.3 Å². The van der Waals surface area contributed by atoms with Crippen LogP contribution in [-0.2, 0) is 11.8 Å². The fourth-order valence-electron chi connectivity index (χ4n) is 2.24. The Kier molecular flexibility index (Phi) is 2.78. The Morgan fingerprint density at radius 2 is 2.13 bits per heavy atom. The highest BCUT2D eigenvalue weighted by Gasteiger charge is 2.35. The molecule has 4 nitrogen and oxygen atoms in total. The number of hydrogen-bond acceptors (Lipinski definition) is 4. The van der Waals surface area contributed by atoms with Crippen LogP contribution in [0.3, 0.4) is 0 Å². The van der Waals surface area contributed by atoms with E-state index in [-0.39, 0.29) is 11.5 Å². The first kappa shape index (κ1) is 10.6. The first-order valence-corrected chi connectivity index (χ1v) is 5.69. The molecule has 0 bridgehead atoms. The van der Waals surface area contributed by atoms with Crippen LogP contribution in [0.15, 0.2) is 4.52 Å². The maximum Gasteiger partial charge on any atom is 0.232 e. The molecule has 4 heteroatoms. The lowest BCUT2D eigenvalue weighted by Gasteiger charge is -2.16. The van der Waals surface area contributed by atoms with E-state index in [9.17, 15) is 0 Å². The summed E-state index contributed by atoms with van der Waals surface area (Å²) in [6, 6.07) is 0.0897. The van der Waals surface area contributed by atoms with Gasteiger partial charge in [0.25, 0.3) is 0 Å². The van der Waals surface area contributed by atoms with E-state index in [1.807, 2.05) is 6.92 Å². The summed E-state index contributed by atoms with van der Waals surface area (Å²) in [6.45, 7) is 4.16. The monoisotopic (exact) mass is 209 g/mol. The van der Waals surface area contributed by atoms with Crippen LogP contribution < -0.4 is 5.73 Å². The van der Waals surface area contributed by atoms with Crippen LogP contribution in [0.5, 0.6) is 0 Å². The van der Waals surface area contributed by atoms with Gasteiger partial charge in [-0.05, 0) is 19.8 Å². The zero-order chi connectivity index (χ0) is 10.9. The third kappa shape index (κ3) is 2.20. The average molecular weight is 209 g/mol. The Morgan fingerprint density at radius 1 is 1.47 bits per heavy atom. The molecule has 2 rings (SSSR count). The predicted octanol–water partition coefficient (Wildman–Crippen LogP) is 1.79. The fourth-order valence-corrected chi connectivity index (χ4v) is 2.24. The van der Waals surface area contributed by atoms with Gasteiger partial charge in [0, 0.05) is 17.9 Å². The highest BCUT2D eigenvalue weighted by molar-refractivity contribution is 5.06. The quantitative estimate of drug-likeness (QED) is 0.824. The summed E-state index contributed by atoms with van der Waals surface area (Å²) in [7, 11) is 0.